The van der Waals surface area contributed by atoms with Gasteiger partial charge >= 0.3 is 11.9 Å². The third-order valence-corrected chi connectivity index (χ3v) is 5.34. The first-order chi connectivity index (χ1) is 13.0. The largest absolute Gasteiger partial charge is 0.462 e. The van der Waals surface area contributed by atoms with E-state index in [9.17, 15) is 14.4 Å². The van der Waals surface area contributed by atoms with E-state index in [0.29, 0.717) is 10.6 Å². The van der Waals surface area contributed by atoms with Gasteiger partial charge in [-0.3, -0.25) is 9.69 Å². The molecule has 0 bridgehead atoms. The SMILES string of the molecule is CCOC(=O)c1c(NC(=O)CN2CCCC2)sc(C(=O)OCCOC)c1C. The molecule has 1 aliphatic rings. The molecule has 0 unspecified atom stereocenters. The zero-order chi connectivity index (χ0) is 19.8. The van der Waals surface area contributed by atoms with Crippen molar-refractivity contribution in [2.24, 2.45) is 0 Å². The Hall–Kier alpha value is -1.97. The molecule has 1 amide bonds. The van der Waals surface area contributed by atoms with E-state index in [0.717, 1.165) is 37.3 Å². The molecule has 0 radical (unpaired) electrons. The van der Waals surface area contributed by atoms with Gasteiger partial charge < -0.3 is 19.5 Å². The highest BCUT2D eigenvalue weighted by atomic mass is 32.1. The van der Waals surface area contributed by atoms with Crippen molar-refractivity contribution in [2.75, 3.05) is 51.9 Å². The molecule has 0 atom stereocenters. The summed E-state index contributed by atoms with van der Waals surface area (Å²) >= 11 is 1.03. The highest BCUT2D eigenvalue weighted by Crippen LogP contribution is 2.34. The number of hydrogen-bond donors (Lipinski definition) is 1. The first kappa shape index (κ1) is 21.3. The lowest BCUT2D eigenvalue weighted by Crippen LogP contribution is -2.31. The monoisotopic (exact) mass is 398 g/mol. The smallest absolute Gasteiger partial charge is 0.348 e. The van der Waals surface area contributed by atoms with E-state index in [2.05, 4.69) is 10.2 Å². The maximum absolute atomic E-state index is 12.4. The van der Waals surface area contributed by atoms with Gasteiger partial charge in [-0.15, -0.1) is 11.3 Å². The number of ether oxygens (including phenoxy) is 3. The predicted octanol–water partition coefficient (Wildman–Crippen LogP) is 2.07. The molecule has 2 rings (SSSR count). The molecular formula is C18H26N2O6S. The van der Waals surface area contributed by atoms with E-state index in [1.165, 1.54) is 7.11 Å². The molecule has 8 nitrogen and oxygen atoms in total. The Morgan fingerprint density at radius 2 is 1.81 bits per heavy atom. The van der Waals surface area contributed by atoms with Crippen molar-refractivity contribution in [1.82, 2.24) is 4.90 Å². The van der Waals surface area contributed by atoms with Gasteiger partial charge in [0.1, 0.15) is 16.5 Å². The fraction of sp³-hybridized carbons (Fsp3) is 0.611. The Morgan fingerprint density at radius 1 is 1.11 bits per heavy atom. The summed E-state index contributed by atoms with van der Waals surface area (Å²) in [6.45, 7) is 5.96. The van der Waals surface area contributed by atoms with Gasteiger partial charge in [0.15, 0.2) is 0 Å². The van der Waals surface area contributed by atoms with Gasteiger partial charge in [-0.05, 0) is 45.3 Å². The first-order valence-electron chi connectivity index (χ1n) is 8.96. The van der Waals surface area contributed by atoms with Crippen molar-refractivity contribution in [3.8, 4) is 0 Å². The van der Waals surface area contributed by atoms with Crippen molar-refractivity contribution in [3.05, 3.63) is 16.0 Å². The number of esters is 2. The van der Waals surface area contributed by atoms with Crippen LogP contribution in [-0.4, -0.2) is 69.3 Å². The Kier molecular flexibility index (Phi) is 8.21. The number of rotatable bonds is 9. The summed E-state index contributed by atoms with van der Waals surface area (Å²) in [5.74, 6) is -1.35. The quantitative estimate of drug-likeness (QED) is 0.503. The molecule has 9 heteroatoms. The van der Waals surface area contributed by atoms with Crippen LogP contribution in [0.25, 0.3) is 0 Å². The second-order valence-electron chi connectivity index (χ2n) is 6.14. The lowest BCUT2D eigenvalue weighted by atomic mass is 10.1. The molecule has 0 saturated carbocycles. The maximum atomic E-state index is 12.4. The summed E-state index contributed by atoms with van der Waals surface area (Å²) in [5, 5.41) is 3.08. The molecule has 1 N–H and O–H groups in total. The van der Waals surface area contributed by atoms with Crippen LogP contribution >= 0.6 is 11.3 Å². The molecule has 27 heavy (non-hydrogen) atoms. The first-order valence-corrected chi connectivity index (χ1v) is 9.78. The van der Waals surface area contributed by atoms with Crippen LogP contribution in [0.4, 0.5) is 5.00 Å². The van der Waals surface area contributed by atoms with Gasteiger partial charge in [-0.25, -0.2) is 9.59 Å². The van der Waals surface area contributed by atoms with E-state index < -0.39 is 11.9 Å². The lowest BCUT2D eigenvalue weighted by Gasteiger charge is -2.14. The maximum Gasteiger partial charge on any atom is 0.348 e. The number of thiophene rings is 1. The highest BCUT2D eigenvalue weighted by Gasteiger charge is 2.28. The summed E-state index contributed by atoms with van der Waals surface area (Å²) in [4.78, 5) is 39.4. The van der Waals surface area contributed by atoms with Crippen LogP contribution in [0.3, 0.4) is 0 Å². The molecule has 1 aromatic heterocycles. The third kappa shape index (κ3) is 5.75. The topological polar surface area (TPSA) is 94.2 Å². The third-order valence-electron chi connectivity index (χ3n) is 4.15. The number of nitrogens with zero attached hydrogens (tertiary/aromatic N) is 1. The van der Waals surface area contributed by atoms with E-state index in [1.807, 2.05) is 0 Å². The van der Waals surface area contributed by atoms with Crippen LogP contribution in [0.1, 0.15) is 45.4 Å². The van der Waals surface area contributed by atoms with Gasteiger partial charge in [0.2, 0.25) is 5.91 Å². The van der Waals surface area contributed by atoms with Crippen LogP contribution in [0.2, 0.25) is 0 Å². The Balaban J connectivity index is 2.19. The van der Waals surface area contributed by atoms with E-state index in [4.69, 9.17) is 14.2 Å². The fourth-order valence-electron chi connectivity index (χ4n) is 2.84. The normalized spacial score (nSPS) is 14.2. The number of likely N-dealkylation sites (tertiary alicyclic amines) is 1. The zero-order valence-electron chi connectivity index (χ0n) is 16.0. The number of carbonyl (C=O) groups is 3. The van der Waals surface area contributed by atoms with Crippen LogP contribution in [0.5, 0.6) is 0 Å². The minimum Gasteiger partial charge on any atom is -0.462 e. The van der Waals surface area contributed by atoms with Crippen molar-refractivity contribution in [3.63, 3.8) is 0 Å². The van der Waals surface area contributed by atoms with Gasteiger partial charge in [0, 0.05) is 7.11 Å². The summed E-state index contributed by atoms with van der Waals surface area (Å²) in [6.07, 6.45) is 2.16. The standard InChI is InChI=1S/C18H26N2O6S/c1-4-25-17(22)14-12(2)15(18(23)26-10-9-24-3)27-16(14)19-13(21)11-20-7-5-6-8-20/h4-11H2,1-3H3,(H,19,21). The molecule has 0 aliphatic carbocycles. The second-order valence-corrected chi connectivity index (χ2v) is 7.16. The number of nitrogens with one attached hydrogen (secondary N) is 1. The van der Waals surface area contributed by atoms with E-state index >= 15 is 0 Å². The Bertz CT molecular complexity index is 682. The second kappa shape index (κ2) is 10.4. The predicted molar refractivity (Wildman–Crippen MR) is 101 cm³/mol. The molecule has 1 saturated heterocycles. The Morgan fingerprint density at radius 3 is 2.44 bits per heavy atom. The Labute approximate surface area is 162 Å². The zero-order valence-corrected chi connectivity index (χ0v) is 16.8. The van der Waals surface area contributed by atoms with Crippen LogP contribution in [0, 0.1) is 6.92 Å². The van der Waals surface area contributed by atoms with E-state index in [-0.39, 0.29) is 42.7 Å². The minimum atomic E-state index is -0.571. The van der Waals surface area contributed by atoms with Crippen molar-refractivity contribution in [2.45, 2.75) is 26.7 Å². The molecule has 0 spiro atoms. The molecule has 1 fully saturated rings. The number of methoxy groups -OCH3 is 1. The minimum absolute atomic E-state index is 0.109. The average Bonchev–Trinajstić information content (AvgIpc) is 3.23. The number of amides is 1. The van der Waals surface area contributed by atoms with Gasteiger partial charge in [-0.2, -0.15) is 0 Å². The summed E-state index contributed by atoms with van der Waals surface area (Å²) in [5.41, 5.74) is 0.646. The average molecular weight is 398 g/mol. The molecule has 2 heterocycles. The molecule has 150 valence electrons. The van der Waals surface area contributed by atoms with Crippen LogP contribution in [0.15, 0.2) is 0 Å². The number of anilines is 1. The summed E-state index contributed by atoms with van der Waals surface area (Å²) < 4.78 is 15.1. The summed E-state index contributed by atoms with van der Waals surface area (Å²) in [6, 6.07) is 0. The molecular weight excluding hydrogens is 372 g/mol. The van der Waals surface area contributed by atoms with Gasteiger partial charge in [0.25, 0.3) is 0 Å². The van der Waals surface area contributed by atoms with E-state index in [1.54, 1.807) is 13.8 Å². The van der Waals surface area contributed by atoms with Crippen molar-refractivity contribution < 1.29 is 28.6 Å². The van der Waals surface area contributed by atoms with Gasteiger partial charge in [0.05, 0.1) is 25.3 Å². The van der Waals surface area contributed by atoms with Crippen molar-refractivity contribution in [1.29, 1.82) is 0 Å². The van der Waals surface area contributed by atoms with Crippen molar-refractivity contribution >= 4 is 34.2 Å². The lowest BCUT2D eigenvalue weighted by molar-refractivity contribution is -0.117. The number of carbonyl (C=O) groups excluding carboxylic acids is 3. The van der Waals surface area contributed by atoms with Crippen LogP contribution in [-0.2, 0) is 19.0 Å². The summed E-state index contributed by atoms with van der Waals surface area (Å²) in [7, 11) is 1.51. The van der Waals surface area contributed by atoms with Crippen LogP contribution < -0.4 is 5.32 Å². The molecule has 1 aliphatic heterocycles. The molecule has 0 aromatic carbocycles. The highest BCUT2D eigenvalue weighted by molar-refractivity contribution is 7.18. The number of hydrogen-bond acceptors (Lipinski definition) is 8. The molecule has 1 aromatic rings. The fourth-order valence-corrected chi connectivity index (χ4v) is 3.94. The van der Waals surface area contributed by atoms with Gasteiger partial charge in [-0.1, -0.05) is 0 Å².